The molecule has 1 N–H and O–H groups in total. The van der Waals surface area contributed by atoms with Crippen LogP contribution < -0.4 is 5.32 Å². The average molecular weight is 486 g/mol. The maximum absolute atomic E-state index is 12.9. The van der Waals surface area contributed by atoms with Crippen LogP contribution in [0.1, 0.15) is 11.4 Å². The van der Waals surface area contributed by atoms with Crippen LogP contribution in [0.5, 0.6) is 0 Å². The van der Waals surface area contributed by atoms with Crippen molar-refractivity contribution in [1.82, 2.24) is 14.9 Å². The van der Waals surface area contributed by atoms with Gasteiger partial charge in [-0.15, -0.1) is 0 Å². The lowest BCUT2D eigenvalue weighted by atomic mass is 10.2. The summed E-state index contributed by atoms with van der Waals surface area (Å²) in [6.45, 7) is -2.35. The van der Waals surface area contributed by atoms with E-state index in [0.717, 1.165) is 5.56 Å². The number of nitro groups is 1. The van der Waals surface area contributed by atoms with Gasteiger partial charge in [-0.2, -0.15) is 34.9 Å². The van der Waals surface area contributed by atoms with Gasteiger partial charge in [0.15, 0.2) is 6.54 Å². The first-order valence-corrected chi connectivity index (χ1v) is 9.91. The van der Waals surface area contributed by atoms with Gasteiger partial charge in [-0.3, -0.25) is 8.98 Å². The van der Waals surface area contributed by atoms with E-state index in [-0.39, 0.29) is 4.90 Å². The standard InChI is InChI=1S/C16H15F5N4O6S/c1-10-2-4-11(5-3-10)32(29,30)31-8-12-22-6-14(25(27)28)24(12)7-13(26)23-9-15(17,18)16(19,20)21/h2-6H,7-9H2,1H3,(H,23,26). The Kier molecular flexibility index (Phi) is 7.19. The summed E-state index contributed by atoms with van der Waals surface area (Å²) in [7, 11) is -4.33. The fraction of sp³-hybridized carbons (Fsp3) is 0.375. The molecule has 1 heterocycles. The molecule has 0 fully saturated rings. The molecule has 0 saturated heterocycles. The highest BCUT2D eigenvalue weighted by atomic mass is 32.2. The third-order valence-corrected chi connectivity index (χ3v) is 5.26. The molecule has 2 aromatic rings. The van der Waals surface area contributed by atoms with Gasteiger partial charge in [0.2, 0.25) is 5.82 Å². The summed E-state index contributed by atoms with van der Waals surface area (Å²) in [4.78, 5) is 25.3. The maximum atomic E-state index is 12.9. The van der Waals surface area contributed by atoms with Crippen molar-refractivity contribution < 1.29 is 44.3 Å². The zero-order valence-corrected chi connectivity index (χ0v) is 16.9. The Labute approximate surface area is 177 Å². The summed E-state index contributed by atoms with van der Waals surface area (Å²) < 4.78 is 92.2. The lowest BCUT2D eigenvalue weighted by Gasteiger charge is -2.19. The highest BCUT2D eigenvalue weighted by molar-refractivity contribution is 7.86. The summed E-state index contributed by atoms with van der Waals surface area (Å²) in [6, 6.07) is 5.47. The number of aryl methyl sites for hydroxylation is 1. The number of alkyl halides is 5. The van der Waals surface area contributed by atoms with Gasteiger partial charge in [-0.1, -0.05) is 17.7 Å². The summed E-state index contributed by atoms with van der Waals surface area (Å²) in [5.41, 5.74) is 0.761. The quantitative estimate of drug-likeness (QED) is 0.249. The molecule has 0 bridgehead atoms. The normalized spacial score (nSPS) is 12.6. The SMILES string of the molecule is Cc1ccc(S(=O)(=O)OCc2ncc([N+](=O)[O-])n2CC(=O)NCC(F)(F)C(F)(F)F)cc1. The van der Waals surface area contributed by atoms with Crippen LogP contribution >= 0.6 is 0 Å². The van der Waals surface area contributed by atoms with Gasteiger partial charge in [0, 0.05) is 0 Å². The maximum Gasteiger partial charge on any atom is 0.455 e. The Morgan fingerprint density at radius 2 is 1.81 bits per heavy atom. The van der Waals surface area contributed by atoms with Crippen LogP contribution in [0.4, 0.5) is 27.8 Å². The Hall–Kier alpha value is -3.14. The van der Waals surface area contributed by atoms with Crippen molar-refractivity contribution in [1.29, 1.82) is 0 Å². The number of benzene rings is 1. The molecule has 1 aromatic heterocycles. The number of aromatic nitrogens is 2. The number of amides is 1. The number of halogens is 5. The summed E-state index contributed by atoms with van der Waals surface area (Å²) in [6.07, 6.45) is -5.26. The van der Waals surface area contributed by atoms with E-state index >= 15 is 0 Å². The van der Waals surface area contributed by atoms with Crippen molar-refractivity contribution in [2.24, 2.45) is 0 Å². The minimum Gasteiger partial charge on any atom is -0.358 e. The zero-order valence-electron chi connectivity index (χ0n) is 16.1. The number of carbonyl (C=O) groups is 1. The van der Waals surface area contributed by atoms with Crippen LogP contribution in [-0.2, 0) is 32.2 Å². The average Bonchev–Trinajstić information content (AvgIpc) is 3.07. The fourth-order valence-corrected chi connectivity index (χ4v) is 3.12. The van der Waals surface area contributed by atoms with Crippen molar-refractivity contribution in [3.63, 3.8) is 0 Å². The molecule has 0 saturated carbocycles. The van der Waals surface area contributed by atoms with Crippen LogP contribution in [0.15, 0.2) is 35.4 Å². The molecule has 0 aliphatic rings. The van der Waals surface area contributed by atoms with Crippen LogP contribution in [0.25, 0.3) is 0 Å². The van der Waals surface area contributed by atoms with E-state index < -0.39 is 64.4 Å². The predicted octanol–water partition coefficient (Wildman–Crippen LogP) is 2.32. The van der Waals surface area contributed by atoms with Gasteiger partial charge in [-0.25, -0.2) is 4.98 Å². The molecule has 1 amide bonds. The van der Waals surface area contributed by atoms with Crippen molar-refractivity contribution >= 4 is 21.8 Å². The molecule has 0 unspecified atom stereocenters. The van der Waals surface area contributed by atoms with Gasteiger partial charge in [0.05, 0.1) is 11.4 Å². The molecule has 0 radical (unpaired) electrons. The van der Waals surface area contributed by atoms with Crippen molar-refractivity contribution in [2.75, 3.05) is 6.54 Å². The number of nitrogens with zero attached hydrogens (tertiary/aromatic N) is 3. The Balaban J connectivity index is 2.16. The number of hydrogen-bond donors (Lipinski definition) is 1. The highest BCUT2D eigenvalue weighted by Crippen LogP contribution is 2.34. The summed E-state index contributed by atoms with van der Waals surface area (Å²) >= 11 is 0. The minimum atomic E-state index is -5.91. The topological polar surface area (TPSA) is 133 Å². The minimum absolute atomic E-state index is 0.233. The predicted molar refractivity (Wildman–Crippen MR) is 96.0 cm³/mol. The van der Waals surface area contributed by atoms with E-state index in [1.165, 1.54) is 29.6 Å². The first kappa shape index (κ1) is 25.1. The molecule has 0 aliphatic heterocycles. The third-order valence-electron chi connectivity index (χ3n) is 3.98. The van der Waals surface area contributed by atoms with Gasteiger partial charge in [-0.05, 0) is 24.0 Å². The van der Waals surface area contributed by atoms with E-state index in [2.05, 4.69) is 4.98 Å². The molecular formula is C16H15F5N4O6S. The molecule has 16 heteroatoms. The lowest BCUT2D eigenvalue weighted by Crippen LogP contribution is -2.47. The molecule has 10 nitrogen and oxygen atoms in total. The fourth-order valence-electron chi connectivity index (χ4n) is 2.25. The molecule has 0 spiro atoms. The summed E-state index contributed by atoms with van der Waals surface area (Å²) in [5.74, 6) is -7.95. The Morgan fingerprint density at radius 1 is 1.22 bits per heavy atom. The van der Waals surface area contributed by atoms with Crippen LogP contribution in [0.3, 0.4) is 0 Å². The molecule has 176 valence electrons. The van der Waals surface area contributed by atoms with Crippen LogP contribution in [0, 0.1) is 17.0 Å². The van der Waals surface area contributed by atoms with Gasteiger partial charge in [0.25, 0.3) is 16.0 Å². The van der Waals surface area contributed by atoms with E-state index in [1.54, 1.807) is 6.92 Å². The highest BCUT2D eigenvalue weighted by Gasteiger charge is 2.57. The van der Waals surface area contributed by atoms with Gasteiger partial charge < -0.3 is 15.4 Å². The van der Waals surface area contributed by atoms with Crippen molar-refractivity contribution in [3.8, 4) is 0 Å². The lowest BCUT2D eigenvalue weighted by molar-refractivity contribution is -0.392. The second-order valence-corrected chi connectivity index (χ2v) is 8.00. The number of nitrogens with one attached hydrogen (secondary N) is 1. The second-order valence-electron chi connectivity index (χ2n) is 6.38. The number of imidazole rings is 1. The summed E-state index contributed by atoms with van der Waals surface area (Å²) in [5, 5.41) is 12.4. The second kappa shape index (κ2) is 9.15. The Morgan fingerprint density at radius 3 is 2.34 bits per heavy atom. The van der Waals surface area contributed by atoms with E-state index in [9.17, 15) is 45.3 Å². The van der Waals surface area contributed by atoms with Crippen LogP contribution in [0.2, 0.25) is 0 Å². The number of rotatable bonds is 9. The number of carbonyl (C=O) groups excluding carboxylic acids is 1. The first-order valence-electron chi connectivity index (χ1n) is 8.50. The molecule has 32 heavy (non-hydrogen) atoms. The van der Waals surface area contributed by atoms with Crippen molar-refractivity contribution in [3.05, 3.63) is 52.0 Å². The van der Waals surface area contributed by atoms with E-state index in [4.69, 9.17) is 4.18 Å². The zero-order chi connectivity index (χ0) is 24.3. The van der Waals surface area contributed by atoms with Gasteiger partial charge in [0.1, 0.15) is 12.8 Å². The van der Waals surface area contributed by atoms with Crippen LogP contribution in [-0.4, -0.2) is 47.4 Å². The number of hydrogen-bond acceptors (Lipinski definition) is 7. The molecule has 0 atom stereocenters. The third kappa shape index (κ3) is 5.97. The molecule has 2 rings (SSSR count). The van der Waals surface area contributed by atoms with E-state index in [0.29, 0.717) is 10.8 Å². The molecule has 1 aromatic carbocycles. The smallest absolute Gasteiger partial charge is 0.358 e. The molecule has 0 aliphatic carbocycles. The largest absolute Gasteiger partial charge is 0.455 e. The monoisotopic (exact) mass is 486 g/mol. The van der Waals surface area contributed by atoms with Crippen molar-refractivity contribution in [2.45, 2.75) is 37.1 Å². The first-order chi connectivity index (χ1) is 14.6. The van der Waals surface area contributed by atoms with E-state index in [1.807, 2.05) is 0 Å². The Bertz CT molecular complexity index is 1100. The molecular weight excluding hydrogens is 471 g/mol. The van der Waals surface area contributed by atoms with Gasteiger partial charge >= 0.3 is 17.9 Å².